The first-order valence-corrected chi connectivity index (χ1v) is 11.9. The van der Waals surface area contributed by atoms with Crippen molar-refractivity contribution in [3.63, 3.8) is 0 Å². The molecule has 1 atom stereocenters. The van der Waals surface area contributed by atoms with Crippen molar-refractivity contribution in [1.82, 2.24) is 15.3 Å². The third kappa shape index (κ3) is 4.69. The summed E-state index contributed by atoms with van der Waals surface area (Å²) in [4.78, 5) is 24.1. The van der Waals surface area contributed by atoms with Crippen molar-refractivity contribution in [2.24, 2.45) is 5.73 Å². The van der Waals surface area contributed by atoms with Gasteiger partial charge in [-0.3, -0.25) is 9.78 Å². The van der Waals surface area contributed by atoms with E-state index in [2.05, 4.69) is 28.2 Å². The van der Waals surface area contributed by atoms with E-state index in [1.165, 1.54) is 11.3 Å². The number of carbonyl (C=O) groups excluding carboxylic acids is 1. The average Bonchev–Trinajstić information content (AvgIpc) is 3.15. The SMILES string of the molecule is CCCc1cc(N2CCC(NCC(O)c3cccnc3)CC2)nc2sc(C(N)=O)c(N)c12. The van der Waals surface area contributed by atoms with E-state index in [1.54, 1.807) is 12.4 Å². The molecule has 4 rings (SSSR count). The molecule has 32 heavy (non-hydrogen) atoms. The maximum absolute atomic E-state index is 11.8. The molecule has 1 aliphatic heterocycles. The molecule has 3 aromatic rings. The zero-order valence-electron chi connectivity index (χ0n) is 18.3. The molecular weight excluding hydrogens is 424 g/mol. The van der Waals surface area contributed by atoms with Crippen LogP contribution in [-0.2, 0) is 6.42 Å². The summed E-state index contributed by atoms with van der Waals surface area (Å²) in [5.74, 6) is 0.418. The van der Waals surface area contributed by atoms with Crippen LogP contribution in [0.3, 0.4) is 0 Å². The fourth-order valence-corrected chi connectivity index (χ4v) is 5.27. The lowest BCUT2D eigenvalue weighted by atomic mass is 10.0. The average molecular weight is 455 g/mol. The molecule has 1 unspecified atom stereocenters. The van der Waals surface area contributed by atoms with Crippen LogP contribution in [0.2, 0.25) is 0 Å². The van der Waals surface area contributed by atoms with Gasteiger partial charge in [-0.05, 0) is 37.0 Å². The third-order valence-electron chi connectivity index (χ3n) is 6.00. The number of hydrogen-bond acceptors (Lipinski definition) is 8. The van der Waals surface area contributed by atoms with Gasteiger partial charge in [-0.15, -0.1) is 11.3 Å². The van der Waals surface area contributed by atoms with Crippen LogP contribution in [0.15, 0.2) is 30.6 Å². The maximum Gasteiger partial charge on any atom is 0.260 e. The highest BCUT2D eigenvalue weighted by Gasteiger charge is 2.24. The van der Waals surface area contributed by atoms with E-state index in [9.17, 15) is 9.90 Å². The van der Waals surface area contributed by atoms with Crippen LogP contribution >= 0.6 is 11.3 Å². The van der Waals surface area contributed by atoms with Crippen molar-refractivity contribution < 1.29 is 9.90 Å². The van der Waals surface area contributed by atoms with Crippen LogP contribution in [0, 0.1) is 0 Å². The molecule has 0 aliphatic carbocycles. The van der Waals surface area contributed by atoms with Gasteiger partial charge in [0.25, 0.3) is 5.91 Å². The number of thiophene rings is 1. The molecule has 8 nitrogen and oxygen atoms in total. The van der Waals surface area contributed by atoms with Gasteiger partial charge in [-0.25, -0.2) is 4.98 Å². The van der Waals surface area contributed by atoms with E-state index < -0.39 is 12.0 Å². The summed E-state index contributed by atoms with van der Waals surface area (Å²) in [6.45, 7) is 4.37. The fourth-order valence-electron chi connectivity index (χ4n) is 4.28. The van der Waals surface area contributed by atoms with Crippen molar-refractivity contribution in [3.05, 3.63) is 46.6 Å². The lowest BCUT2D eigenvalue weighted by molar-refractivity contribution is 0.100. The Morgan fingerprint density at radius 2 is 2.19 bits per heavy atom. The van der Waals surface area contributed by atoms with Gasteiger partial charge in [0.2, 0.25) is 0 Å². The van der Waals surface area contributed by atoms with Gasteiger partial charge in [0, 0.05) is 49.0 Å². The van der Waals surface area contributed by atoms with Gasteiger partial charge in [0.15, 0.2) is 0 Å². The number of anilines is 2. The van der Waals surface area contributed by atoms with E-state index in [0.29, 0.717) is 23.2 Å². The minimum atomic E-state index is -0.564. The van der Waals surface area contributed by atoms with Crippen molar-refractivity contribution in [1.29, 1.82) is 0 Å². The Kier molecular flexibility index (Phi) is 6.88. The highest BCUT2D eigenvalue weighted by atomic mass is 32.1. The van der Waals surface area contributed by atoms with E-state index in [-0.39, 0.29) is 0 Å². The smallest absolute Gasteiger partial charge is 0.260 e. The van der Waals surface area contributed by atoms with E-state index in [0.717, 1.165) is 65.9 Å². The lowest BCUT2D eigenvalue weighted by Crippen LogP contribution is -2.44. The van der Waals surface area contributed by atoms with Gasteiger partial charge in [-0.2, -0.15) is 0 Å². The van der Waals surface area contributed by atoms with E-state index in [1.807, 2.05) is 12.1 Å². The topological polar surface area (TPSA) is 130 Å². The number of aliphatic hydroxyl groups is 1. The quantitative estimate of drug-likeness (QED) is 0.411. The molecule has 6 N–H and O–H groups in total. The highest BCUT2D eigenvalue weighted by Crippen LogP contribution is 2.37. The van der Waals surface area contributed by atoms with Crippen molar-refractivity contribution in [3.8, 4) is 0 Å². The summed E-state index contributed by atoms with van der Waals surface area (Å²) in [5.41, 5.74) is 14.1. The van der Waals surface area contributed by atoms with Gasteiger partial charge < -0.3 is 26.8 Å². The first kappa shape index (κ1) is 22.4. The molecular formula is C23H30N6O2S. The van der Waals surface area contributed by atoms with Crippen molar-refractivity contribution in [2.75, 3.05) is 30.3 Å². The summed E-state index contributed by atoms with van der Waals surface area (Å²) in [7, 11) is 0. The molecule has 0 saturated carbocycles. The summed E-state index contributed by atoms with van der Waals surface area (Å²) < 4.78 is 0. The van der Waals surface area contributed by atoms with Crippen LogP contribution < -0.4 is 21.7 Å². The minimum Gasteiger partial charge on any atom is -0.397 e. The van der Waals surface area contributed by atoms with Gasteiger partial charge in [0.1, 0.15) is 15.5 Å². The summed E-state index contributed by atoms with van der Waals surface area (Å²) in [6, 6.07) is 6.18. The Bertz CT molecular complexity index is 1080. The second kappa shape index (κ2) is 9.81. The van der Waals surface area contributed by atoms with Crippen LogP contribution in [0.25, 0.3) is 10.2 Å². The second-order valence-electron chi connectivity index (χ2n) is 8.25. The monoisotopic (exact) mass is 454 g/mol. The summed E-state index contributed by atoms with van der Waals surface area (Å²) in [6.07, 6.45) is 6.61. The van der Waals surface area contributed by atoms with Crippen LogP contribution in [0.1, 0.15) is 53.1 Å². The highest BCUT2D eigenvalue weighted by molar-refractivity contribution is 7.21. The number of pyridine rings is 2. The Labute approximate surface area is 191 Å². The number of nitrogen functional groups attached to an aromatic ring is 1. The molecule has 1 amide bonds. The fraction of sp³-hybridized carbons (Fsp3) is 0.435. The number of nitrogens with zero attached hydrogens (tertiary/aromatic N) is 3. The second-order valence-corrected chi connectivity index (χ2v) is 9.25. The normalized spacial score (nSPS) is 15.9. The molecule has 0 aromatic carbocycles. The number of hydrogen-bond donors (Lipinski definition) is 4. The predicted octanol–water partition coefficient (Wildman–Crippen LogP) is 2.62. The number of aryl methyl sites for hydroxylation is 1. The van der Waals surface area contributed by atoms with Crippen LogP contribution in [-0.4, -0.2) is 46.7 Å². The Hall–Kier alpha value is -2.75. The molecule has 0 bridgehead atoms. The largest absolute Gasteiger partial charge is 0.397 e. The number of amides is 1. The number of primary amides is 1. The van der Waals surface area contributed by atoms with E-state index >= 15 is 0 Å². The lowest BCUT2D eigenvalue weighted by Gasteiger charge is -2.34. The molecule has 170 valence electrons. The number of aromatic nitrogens is 2. The molecule has 0 radical (unpaired) electrons. The molecule has 1 fully saturated rings. The van der Waals surface area contributed by atoms with Crippen molar-refractivity contribution >= 4 is 39.0 Å². The van der Waals surface area contributed by atoms with Crippen molar-refractivity contribution in [2.45, 2.75) is 44.8 Å². The summed E-state index contributed by atoms with van der Waals surface area (Å²) >= 11 is 1.28. The standard InChI is InChI=1S/C23H30N6O2S/c1-2-4-14-11-18(28-23-19(14)20(24)21(32-23)22(25)31)29-9-6-16(7-10-29)27-13-17(30)15-5-3-8-26-12-15/h3,5,8,11-12,16-17,27,30H,2,4,6-7,9-10,13,24H2,1H3,(H2,25,31). The maximum atomic E-state index is 11.8. The summed E-state index contributed by atoms with van der Waals surface area (Å²) in [5, 5.41) is 14.7. The molecule has 4 heterocycles. The van der Waals surface area contributed by atoms with Crippen LogP contribution in [0.5, 0.6) is 0 Å². The number of piperidine rings is 1. The number of fused-ring (bicyclic) bond motifs is 1. The zero-order valence-corrected chi connectivity index (χ0v) is 19.1. The zero-order chi connectivity index (χ0) is 22.7. The first-order valence-electron chi connectivity index (χ1n) is 11.1. The molecule has 1 aliphatic rings. The van der Waals surface area contributed by atoms with Gasteiger partial charge in [0.05, 0.1) is 11.8 Å². The Morgan fingerprint density at radius 3 is 2.84 bits per heavy atom. The number of carbonyl (C=O) groups is 1. The molecule has 0 spiro atoms. The third-order valence-corrected chi connectivity index (χ3v) is 7.11. The minimum absolute atomic E-state index is 0.343. The number of nitrogens with two attached hydrogens (primary N) is 2. The Morgan fingerprint density at radius 1 is 1.41 bits per heavy atom. The molecule has 3 aromatic heterocycles. The molecule has 1 saturated heterocycles. The number of rotatable bonds is 8. The molecule has 9 heteroatoms. The van der Waals surface area contributed by atoms with Crippen LogP contribution in [0.4, 0.5) is 11.5 Å². The van der Waals surface area contributed by atoms with Gasteiger partial charge >= 0.3 is 0 Å². The Balaban J connectivity index is 1.43. The first-order chi connectivity index (χ1) is 15.5. The van der Waals surface area contributed by atoms with Gasteiger partial charge in [-0.1, -0.05) is 19.4 Å². The number of nitrogens with one attached hydrogen (secondary N) is 1. The number of aliphatic hydroxyl groups excluding tert-OH is 1. The van der Waals surface area contributed by atoms with E-state index in [4.69, 9.17) is 16.5 Å². The predicted molar refractivity (Wildman–Crippen MR) is 129 cm³/mol.